The van der Waals surface area contributed by atoms with Crippen molar-refractivity contribution in [2.45, 2.75) is 25.9 Å². The maximum Gasteiger partial charge on any atom is 0.416 e. The topological polar surface area (TPSA) is 41.1 Å². The molecule has 0 spiro atoms. The third-order valence-electron chi connectivity index (χ3n) is 5.18. The smallest absolute Gasteiger partial charge is 0.351 e. The number of piperidine rings is 1. The van der Waals surface area contributed by atoms with Gasteiger partial charge in [0.05, 0.1) is 5.56 Å². The van der Waals surface area contributed by atoms with Gasteiger partial charge in [0.1, 0.15) is 0 Å². The summed E-state index contributed by atoms with van der Waals surface area (Å²) in [7, 11) is 0. The Kier molecular flexibility index (Phi) is 5.56. The van der Waals surface area contributed by atoms with Crippen molar-refractivity contribution in [2.24, 2.45) is 5.41 Å². The van der Waals surface area contributed by atoms with Crippen LogP contribution in [0.15, 0.2) is 48.5 Å². The Labute approximate surface area is 157 Å². The predicted molar refractivity (Wildman–Crippen MR) is 99.4 cm³/mol. The molecule has 0 radical (unpaired) electrons. The summed E-state index contributed by atoms with van der Waals surface area (Å²) in [6, 6.07) is 11.9. The number of benzene rings is 2. The van der Waals surface area contributed by atoms with Crippen molar-refractivity contribution in [1.82, 2.24) is 10.6 Å². The van der Waals surface area contributed by atoms with E-state index in [4.69, 9.17) is 0 Å². The summed E-state index contributed by atoms with van der Waals surface area (Å²) in [6.45, 7) is 4.62. The molecule has 1 heterocycles. The second-order valence-electron chi connectivity index (χ2n) is 7.36. The highest BCUT2D eigenvalue weighted by atomic mass is 19.4. The van der Waals surface area contributed by atoms with E-state index in [0.29, 0.717) is 23.2 Å². The molecule has 2 N–H and O–H groups in total. The lowest BCUT2D eigenvalue weighted by Gasteiger charge is -2.34. The lowest BCUT2D eigenvalue weighted by molar-refractivity contribution is -0.137. The minimum atomic E-state index is -4.38. The van der Waals surface area contributed by atoms with Crippen molar-refractivity contribution in [2.75, 3.05) is 19.6 Å². The van der Waals surface area contributed by atoms with Crippen LogP contribution in [0.4, 0.5) is 13.2 Å². The van der Waals surface area contributed by atoms with Gasteiger partial charge in [-0.25, -0.2) is 0 Å². The van der Waals surface area contributed by atoms with E-state index in [1.807, 2.05) is 0 Å². The molecule has 1 aliphatic rings. The van der Waals surface area contributed by atoms with Gasteiger partial charge < -0.3 is 10.6 Å². The van der Waals surface area contributed by atoms with E-state index < -0.39 is 11.7 Å². The van der Waals surface area contributed by atoms with Crippen LogP contribution in [-0.4, -0.2) is 25.5 Å². The second-order valence-corrected chi connectivity index (χ2v) is 7.36. The monoisotopic (exact) mass is 376 g/mol. The fraction of sp³-hybridized carbons (Fsp3) is 0.381. The Morgan fingerprint density at radius 2 is 1.70 bits per heavy atom. The van der Waals surface area contributed by atoms with Crippen LogP contribution in [-0.2, 0) is 6.18 Å². The number of halogens is 3. The number of alkyl halides is 3. The summed E-state index contributed by atoms with van der Waals surface area (Å²) in [5, 5.41) is 6.32. The first-order valence-corrected chi connectivity index (χ1v) is 9.04. The molecule has 1 fully saturated rings. The van der Waals surface area contributed by atoms with Gasteiger partial charge in [-0.05, 0) is 60.7 Å². The van der Waals surface area contributed by atoms with Crippen molar-refractivity contribution >= 4 is 5.91 Å². The number of hydrogen-bond donors (Lipinski definition) is 2. The SMILES string of the molecule is CC1(CNC(=O)c2ccccc2-c2ccc(C(F)(F)F)cc2)CCNCC1. The van der Waals surface area contributed by atoms with Crippen LogP contribution in [0.5, 0.6) is 0 Å². The van der Waals surface area contributed by atoms with Gasteiger partial charge in [0.2, 0.25) is 0 Å². The zero-order valence-electron chi connectivity index (χ0n) is 15.2. The molecule has 0 bridgehead atoms. The first-order chi connectivity index (χ1) is 12.8. The zero-order chi connectivity index (χ0) is 19.5. The molecule has 1 aliphatic heterocycles. The summed E-state index contributed by atoms with van der Waals surface area (Å²) in [5.41, 5.74) is 1.03. The van der Waals surface area contributed by atoms with Crippen molar-refractivity contribution in [3.05, 3.63) is 59.7 Å². The molecule has 1 amide bonds. The van der Waals surface area contributed by atoms with Gasteiger partial charge >= 0.3 is 6.18 Å². The lowest BCUT2D eigenvalue weighted by atomic mass is 9.81. The number of amides is 1. The molecule has 0 aromatic heterocycles. The van der Waals surface area contributed by atoms with Gasteiger partial charge in [-0.2, -0.15) is 13.2 Å². The molecule has 6 heteroatoms. The Hall–Kier alpha value is -2.34. The Bertz CT molecular complexity index is 794. The maximum absolute atomic E-state index is 12.8. The first kappa shape index (κ1) is 19.4. The van der Waals surface area contributed by atoms with E-state index in [1.165, 1.54) is 12.1 Å². The summed E-state index contributed by atoms with van der Waals surface area (Å²) < 4.78 is 38.3. The van der Waals surface area contributed by atoms with Crippen LogP contribution < -0.4 is 10.6 Å². The van der Waals surface area contributed by atoms with Gasteiger partial charge in [0, 0.05) is 12.1 Å². The van der Waals surface area contributed by atoms with Crippen LogP contribution in [0.3, 0.4) is 0 Å². The molecule has 0 aliphatic carbocycles. The van der Waals surface area contributed by atoms with E-state index in [9.17, 15) is 18.0 Å². The Morgan fingerprint density at radius 3 is 2.33 bits per heavy atom. The summed E-state index contributed by atoms with van der Waals surface area (Å²) in [5.74, 6) is -0.203. The van der Waals surface area contributed by atoms with Gasteiger partial charge in [-0.15, -0.1) is 0 Å². The molecule has 144 valence electrons. The quantitative estimate of drug-likeness (QED) is 0.825. The van der Waals surface area contributed by atoms with E-state index >= 15 is 0 Å². The molecule has 27 heavy (non-hydrogen) atoms. The molecule has 2 aromatic carbocycles. The number of hydrogen-bond acceptors (Lipinski definition) is 2. The molecule has 0 unspecified atom stereocenters. The fourth-order valence-electron chi connectivity index (χ4n) is 3.37. The van der Waals surface area contributed by atoms with Crippen LogP contribution in [0, 0.1) is 5.41 Å². The fourth-order valence-corrected chi connectivity index (χ4v) is 3.37. The van der Waals surface area contributed by atoms with Crippen molar-refractivity contribution in [1.29, 1.82) is 0 Å². The minimum Gasteiger partial charge on any atom is -0.351 e. The average Bonchev–Trinajstić information content (AvgIpc) is 2.66. The van der Waals surface area contributed by atoms with E-state index in [0.717, 1.165) is 38.1 Å². The third-order valence-corrected chi connectivity index (χ3v) is 5.18. The molecular weight excluding hydrogens is 353 g/mol. The molecule has 0 atom stereocenters. The number of carbonyl (C=O) groups excluding carboxylic acids is 1. The van der Waals surface area contributed by atoms with Gasteiger partial charge in [-0.1, -0.05) is 37.3 Å². The summed E-state index contributed by atoms with van der Waals surface area (Å²) in [6.07, 6.45) is -2.39. The lowest BCUT2D eigenvalue weighted by Crippen LogP contribution is -2.43. The van der Waals surface area contributed by atoms with Crippen LogP contribution >= 0.6 is 0 Å². The standard InChI is InChI=1S/C21H23F3N2O/c1-20(10-12-25-13-11-20)14-26-19(27)18-5-3-2-4-17(18)15-6-8-16(9-7-15)21(22,23)24/h2-9,25H,10-14H2,1H3,(H,26,27). The maximum atomic E-state index is 12.8. The van der Waals surface area contributed by atoms with E-state index in [-0.39, 0.29) is 11.3 Å². The number of carbonyl (C=O) groups is 1. The molecule has 3 nitrogen and oxygen atoms in total. The minimum absolute atomic E-state index is 0.0597. The predicted octanol–water partition coefficient (Wildman–Crippen LogP) is 4.49. The molecule has 2 aromatic rings. The van der Waals surface area contributed by atoms with Gasteiger partial charge in [-0.3, -0.25) is 4.79 Å². The van der Waals surface area contributed by atoms with Crippen molar-refractivity contribution in [3.63, 3.8) is 0 Å². The number of rotatable bonds is 4. The van der Waals surface area contributed by atoms with E-state index in [2.05, 4.69) is 17.6 Å². The largest absolute Gasteiger partial charge is 0.416 e. The highest BCUT2D eigenvalue weighted by Gasteiger charge is 2.30. The Morgan fingerprint density at radius 1 is 1.07 bits per heavy atom. The van der Waals surface area contributed by atoms with Crippen LogP contribution in [0.1, 0.15) is 35.7 Å². The summed E-state index contributed by atoms with van der Waals surface area (Å²) >= 11 is 0. The van der Waals surface area contributed by atoms with E-state index in [1.54, 1.807) is 24.3 Å². The van der Waals surface area contributed by atoms with Crippen molar-refractivity contribution < 1.29 is 18.0 Å². The molecule has 0 saturated carbocycles. The van der Waals surface area contributed by atoms with Crippen LogP contribution in [0.2, 0.25) is 0 Å². The second kappa shape index (κ2) is 7.72. The van der Waals surface area contributed by atoms with Gasteiger partial charge in [0.25, 0.3) is 5.91 Å². The number of nitrogens with one attached hydrogen (secondary N) is 2. The molecule has 1 saturated heterocycles. The van der Waals surface area contributed by atoms with Gasteiger partial charge in [0.15, 0.2) is 0 Å². The molecular formula is C21H23F3N2O. The summed E-state index contributed by atoms with van der Waals surface area (Å²) in [4.78, 5) is 12.7. The van der Waals surface area contributed by atoms with Crippen molar-refractivity contribution in [3.8, 4) is 11.1 Å². The van der Waals surface area contributed by atoms with Crippen LogP contribution in [0.25, 0.3) is 11.1 Å². The first-order valence-electron chi connectivity index (χ1n) is 9.04. The molecule has 3 rings (SSSR count). The highest BCUT2D eigenvalue weighted by Crippen LogP contribution is 2.32. The zero-order valence-corrected chi connectivity index (χ0v) is 15.2. The normalized spacial score (nSPS) is 16.7. The third kappa shape index (κ3) is 4.69. The Balaban J connectivity index is 1.78. The average molecular weight is 376 g/mol. The highest BCUT2D eigenvalue weighted by molar-refractivity contribution is 6.00.